The molecule has 2 aliphatic heterocycles. The van der Waals surface area contributed by atoms with E-state index in [2.05, 4.69) is 15.1 Å². The average Bonchev–Trinajstić information content (AvgIpc) is 2.69. The van der Waals surface area contributed by atoms with Crippen LogP contribution in [-0.4, -0.2) is 66.0 Å². The summed E-state index contributed by atoms with van der Waals surface area (Å²) in [5.74, 6) is -1.09. The number of hydrogen-bond acceptors (Lipinski definition) is 7. The largest absolute Gasteiger partial charge is 0.418 e. The first-order valence-corrected chi connectivity index (χ1v) is 8.15. The molecular formula is C10H17N5O7S. The highest BCUT2D eigenvalue weighted by Gasteiger charge is 2.49. The van der Waals surface area contributed by atoms with Crippen LogP contribution < -0.4 is 16.6 Å². The van der Waals surface area contributed by atoms with E-state index in [-0.39, 0.29) is 25.9 Å². The van der Waals surface area contributed by atoms with Crippen molar-refractivity contribution in [2.24, 2.45) is 5.73 Å². The number of fused-ring (bicyclic) bond motifs is 2. The molecule has 0 aromatic heterocycles. The van der Waals surface area contributed by atoms with Crippen molar-refractivity contribution < 1.29 is 31.6 Å². The predicted molar refractivity (Wildman–Crippen MR) is 73.3 cm³/mol. The van der Waals surface area contributed by atoms with Crippen molar-refractivity contribution in [3.05, 3.63) is 0 Å². The molecule has 0 spiro atoms. The lowest BCUT2D eigenvalue weighted by Gasteiger charge is -2.29. The molecule has 2 atom stereocenters. The summed E-state index contributed by atoms with van der Waals surface area (Å²) in [4.78, 5) is 36.5. The topological polar surface area (TPSA) is 171 Å². The number of hydrazine groups is 1. The number of carbonyl (C=O) groups is 3. The molecule has 2 fully saturated rings. The Hall–Kier alpha value is -1.96. The Balaban J connectivity index is 1.98. The highest BCUT2D eigenvalue weighted by Crippen LogP contribution is 2.30. The van der Waals surface area contributed by atoms with Crippen molar-refractivity contribution in [3.63, 3.8) is 0 Å². The zero-order valence-electron chi connectivity index (χ0n) is 12.0. The van der Waals surface area contributed by atoms with Crippen LogP contribution in [0.2, 0.25) is 0 Å². The summed E-state index contributed by atoms with van der Waals surface area (Å²) in [6.07, 6.45) is 0.582. The molecule has 2 saturated heterocycles. The molecule has 130 valence electrons. The SMILES string of the molecule is NCCC(=O)NNC(=O)[C@@H]1CC[C@H]2CN1C(=O)N2OS(=O)(=O)O. The van der Waals surface area contributed by atoms with Gasteiger partial charge in [-0.3, -0.25) is 25.0 Å². The molecule has 0 saturated carbocycles. The van der Waals surface area contributed by atoms with Gasteiger partial charge in [0.25, 0.3) is 5.91 Å². The fourth-order valence-corrected chi connectivity index (χ4v) is 2.90. The fourth-order valence-electron chi connectivity index (χ4n) is 2.51. The Morgan fingerprint density at radius 1 is 1.35 bits per heavy atom. The number of amides is 4. The molecule has 0 aromatic rings. The van der Waals surface area contributed by atoms with Crippen molar-refractivity contribution in [1.29, 1.82) is 0 Å². The fraction of sp³-hybridized carbons (Fsp3) is 0.700. The Morgan fingerprint density at radius 3 is 2.65 bits per heavy atom. The van der Waals surface area contributed by atoms with Gasteiger partial charge in [0.15, 0.2) is 0 Å². The summed E-state index contributed by atoms with van der Waals surface area (Å²) >= 11 is 0. The number of carbonyl (C=O) groups excluding carboxylic acids is 3. The Kier molecular flexibility index (Phi) is 5.03. The number of urea groups is 1. The third kappa shape index (κ3) is 4.07. The number of nitrogens with two attached hydrogens (primary N) is 1. The molecule has 0 unspecified atom stereocenters. The van der Waals surface area contributed by atoms with E-state index in [0.29, 0.717) is 11.5 Å². The number of hydroxylamine groups is 2. The van der Waals surface area contributed by atoms with Gasteiger partial charge in [-0.15, -0.1) is 4.28 Å². The summed E-state index contributed by atoms with van der Waals surface area (Å²) in [5.41, 5.74) is 9.55. The molecular weight excluding hydrogens is 334 g/mol. The standard InChI is InChI=1S/C10H17N5O7S/c11-4-3-8(16)12-13-9(17)7-2-1-6-5-14(7)10(18)15(6)22-23(19,20)21/h6-7H,1-5,11H2,(H,12,16)(H,13,17)(H,19,20,21)/t6-,7-/m0/s1. The van der Waals surface area contributed by atoms with Gasteiger partial charge < -0.3 is 10.6 Å². The average molecular weight is 351 g/mol. The summed E-state index contributed by atoms with van der Waals surface area (Å²) < 4.78 is 34.4. The van der Waals surface area contributed by atoms with Crippen LogP contribution in [0, 0.1) is 0 Å². The van der Waals surface area contributed by atoms with Crippen LogP contribution in [0.25, 0.3) is 0 Å². The lowest BCUT2D eigenvalue weighted by molar-refractivity contribution is -0.131. The molecule has 5 N–H and O–H groups in total. The van der Waals surface area contributed by atoms with Gasteiger partial charge in [-0.2, -0.15) is 13.5 Å². The predicted octanol–water partition coefficient (Wildman–Crippen LogP) is -2.51. The van der Waals surface area contributed by atoms with Gasteiger partial charge in [-0.05, 0) is 12.8 Å². The number of rotatable bonds is 5. The van der Waals surface area contributed by atoms with E-state index >= 15 is 0 Å². The van der Waals surface area contributed by atoms with E-state index in [4.69, 9.17) is 10.3 Å². The van der Waals surface area contributed by atoms with Crippen LogP contribution >= 0.6 is 0 Å². The lowest BCUT2D eigenvalue weighted by Crippen LogP contribution is -2.54. The van der Waals surface area contributed by atoms with Gasteiger partial charge in [0.1, 0.15) is 6.04 Å². The van der Waals surface area contributed by atoms with Gasteiger partial charge in [-0.1, -0.05) is 0 Å². The third-order valence-electron chi connectivity index (χ3n) is 3.50. The Bertz CT molecular complexity index is 609. The van der Waals surface area contributed by atoms with Crippen molar-refractivity contribution in [1.82, 2.24) is 20.8 Å². The van der Waals surface area contributed by atoms with Gasteiger partial charge in [0.05, 0.1) is 6.04 Å². The second kappa shape index (κ2) is 6.66. The van der Waals surface area contributed by atoms with Crippen LogP contribution in [0.15, 0.2) is 0 Å². The molecule has 2 bridgehead atoms. The van der Waals surface area contributed by atoms with Crippen LogP contribution in [0.4, 0.5) is 4.79 Å². The van der Waals surface area contributed by atoms with Crippen LogP contribution in [0.3, 0.4) is 0 Å². The zero-order chi connectivity index (χ0) is 17.2. The van der Waals surface area contributed by atoms with Crippen LogP contribution in [0.1, 0.15) is 19.3 Å². The molecule has 4 amide bonds. The summed E-state index contributed by atoms with van der Waals surface area (Å²) in [5, 5.41) is 0.537. The minimum absolute atomic E-state index is 0.0334. The van der Waals surface area contributed by atoms with E-state index in [1.54, 1.807) is 0 Å². The highest BCUT2D eigenvalue weighted by molar-refractivity contribution is 7.80. The van der Waals surface area contributed by atoms with Crippen LogP contribution in [-0.2, 0) is 24.3 Å². The number of nitrogens with one attached hydrogen (secondary N) is 2. The van der Waals surface area contributed by atoms with E-state index in [1.807, 2.05) is 0 Å². The van der Waals surface area contributed by atoms with Crippen molar-refractivity contribution >= 4 is 28.2 Å². The second-order valence-corrected chi connectivity index (χ2v) is 6.09. The molecule has 2 aliphatic rings. The first kappa shape index (κ1) is 17.4. The summed E-state index contributed by atoms with van der Waals surface area (Å²) in [6, 6.07) is -2.31. The summed E-state index contributed by atoms with van der Waals surface area (Å²) in [6.45, 7) is 0.197. The maximum Gasteiger partial charge on any atom is 0.418 e. The van der Waals surface area contributed by atoms with Gasteiger partial charge in [0, 0.05) is 19.5 Å². The molecule has 0 aromatic carbocycles. The number of nitrogens with zero attached hydrogens (tertiary/aromatic N) is 2. The van der Waals surface area contributed by atoms with E-state index in [0.717, 1.165) is 4.90 Å². The minimum atomic E-state index is -4.84. The van der Waals surface area contributed by atoms with E-state index in [9.17, 15) is 22.8 Å². The van der Waals surface area contributed by atoms with Gasteiger partial charge in [-0.25, -0.2) is 4.79 Å². The van der Waals surface area contributed by atoms with E-state index in [1.165, 1.54) is 0 Å². The first-order chi connectivity index (χ1) is 10.7. The third-order valence-corrected chi connectivity index (χ3v) is 3.85. The molecule has 2 heterocycles. The number of hydrogen-bond donors (Lipinski definition) is 4. The molecule has 23 heavy (non-hydrogen) atoms. The van der Waals surface area contributed by atoms with Gasteiger partial charge in [0.2, 0.25) is 5.91 Å². The monoisotopic (exact) mass is 351 g/mol. The Morgan fingerprint density at radius 2 is 2.04 bits per heavy atom. The molecule has 12 nitrogen and oxygen atoms in total. The zero-order valence-corrected chi connectivity index (χ0v) is 12.8. The quantitative estimate of drug-likeness (QED) is 0.310. The Labute approximate surface area is 131 Å². The second-order valence-electron chi connectivity index (χ2n) is 5.09. The first-order valence-electron chi connectivity index (χ1n) is 6.78. The molecule has 2 rings (SSSR count). The maximum atomic E-state index is 12.1. The van der Waals surface area contributed by atoms with Crippen molar-refractivity contribution in [3.8, 4) is 0 Å². The normalized spacial score (nSPS) is 23.8. The molecule has 0 radical (unpaired) electrons. The van der Waals surface area contributed by atoms with E-state index < -0.39 is 40.3 Å². The number of piperidine rings is 1. The summed E-state index contributed by atoms with van der Waals surface area (Å²) in [7, 11) is -4.84. The lowest BCUT2D eigenvalue weighted by atomic mass is 10.0. The van der Waals surface area contributed by atoms with Gasteiger partial charge >= 0.3 is 16.4 Å². The maximum absolute atomic E-state index is 12.1. The van der Waals surface area contributed by atoms with Crippen LogP contribution in [0.5, 0.6) is 0 Å². The highest BCUT2D eigenvalue weighted by atomic mass is 32.3. The smallest absolute Gasteiger partial charge is 0.330 e. The van der Waals surface area contributed by atoms with Crippen molar-refractivity contribution in [2.45, 2.75) is 31.3 Å². The minimum Gasteiger partial charge on any atom is -0.330 e. The molecule has 13 heteroatoms. The van der Waals surface area contributed by atoms with Crippen molar-refractivity contribution in [2.75, 3.05) is 13.1 Å². The molecule has 0 aliphatic carbocycles.